The Bertz CT molecular complexity index is 95.8. The molecule has 0 bridgehead atoms. The largest absolute Gasteiger partial charge is 0.480 e. The molecule has 4 N–H and O–H groups in total. The number of nitrogens with two attached hydrogens (primary N) is 1. The first kappa shape index (κ1) is 11.9. The number of aliphatic hydroxyl groups is 1. The second kappa shape index (κ2) is 5.01. The molecule has 0 fully saturated rings. The standard InChI is InChI=1S/C4H9NO3.Sn/c1-2(6)3(5)4(7)8;/h2-3,6H,5H2,1H3,(H,7,8);/t2-,3+;/m1./s1. The van der Waals surface area contributed by atoms with Gasteiger partial charge in [0.2, 0.25) is 0 Å². The number of carbonyl (C=O) groups is 1. The zero-order valence-electron chi connectivity index (χ0n) is 5.03. The van der Waals surface area contributed by atoms with Crippen molar-refractivity contribution in [3.8, 4) is 0 Å². The van der Waals surface area contributed by atoms with Crippen LogP contribution in [0.15, 0.2) is 0 Å². The van der Waals surface area contributed by atoms with Gasteiger partial charge in [-0.15, -0.1) is 0 Å². The predicted octanol–water partition coefficient (Wildman–Crippen LogP) is -1.60. The molecule has 0 aromatic heterocycles. The summed E-state index contributed by atoms with van der Waals surface area (Å²) >= 11 is 0. The Hall–Kier alpha value is 0.189. The van der Waals surface area contributed by atoms with Gasteiger partial charge in [-0.3, -0.25) is 4.79 Å². The Kier molecular flexibility index (Phi) is 6.64. The minimum Gasteiger partial charge on any atom is -0.480 e. The van der Waals surface area contributed by atoms with Gasteiger partial charge in [-0.1, -0.05) is 0 Å². The summed E-state index contributed by atoms with van der Waals surface area (Å²) in [6.45, 7) is 1.33. The van der Waals surface area contributed by atoms with E-state index < -0.39 is 18.1 Å². The SMILES string of the molecule is C[C@@H](O)[C@H](N)C(=O)O.[Sn]. The molecule has 0 aliphatic rings. The van der Waals surface area contributed by atoms with Crippen LogP contribution in [0.4, 0.5) is 0 Å². The maximum Gasteiger partial charge on any atom is 0.323 e. The second-order valence-electron chi connectivity index (χ2n) is 1.60. The van der Waals surface area contributed by atoms with Crippen molar-refractivity contribution in [1.29, 1.82) is 0 Å². The number of hydrogen-bond acceptors (Lipinski definition) is 3. The average Bonchev–Trinajstić information content (AvgIpc) is 1.64. The molecule has 2 atom stereocenters. The van der Waals surface area contributed by atoms with Gasteiger partial charge in [0, 0.05) is 23.9 Å². The molecule has 0 aliphatic carbocycles. The van der Waals surface area contributed by atoms with Crippen LogP contribution in [-0.4, -0.2) is 52.2 Å². The van der Waals surface area contributed by atoms with Crippen LogP contribution in [0.2, 0.25) is 0 Å². The van der Waals surface area contributed by atoms with Gasteiger partial charge in [0.15, 0.2) is 0 Å². The maximum absolute atomic E-state index is 9.86. The zero-order valence-corrected chi connectivity index (χ0v) is 7.89. The summed E-state index contributed by atoms with van der Waals surface area (Å²) in [5.41, 5.74) is 4.91. The number of carboxylic acid groups (broad SMARTS) is 1. The molecule has 4 nitrogen and oxygen atoms in total. The van der Waals surface area contributed by atoms with E-state index >= 15 is 0 Å². The van der Waals surface area contributed by atoms with E-state index in [9.17, 15) is 4.79 Å². The fourth-order valence-corrected chi connectivity index (χ4v) is 0.206. The molecule has 0 saturated carbocycles. The van der Waals surface area contributed by atoms with Crippen molar-refractivity contribution in [2.45, 2.75) is 19.1 Å². The predicted molar refractivity (Wildman–Crippen MR) is 33.0 cm³/mol. The minimum atomic E-state index is -1.18. The van der Waals surface area contributed by atoms with Crippen LogP contribution >= 0.6 is 0 Å². The molecule has 9 heavy (non-hydrogen) atoms. The van der Waals surface area contributed by atoms with Crippen molar-refractivity contribution in [3.63, 3.8) is 0 Å². The van der Waals surface area contributed by atoms with E-state index in [-0.39, 0.29) is 23.9 Å². The summed E-state index contributed by atoms with van der Waals surface area (Å²) in [5.74, 6) is -1.18. The number of carboxylic acids is 1. The van der Waals surface area contributed by atoms with Crippen LogP contribution in [0, 0.1) is 0 Å². The van der Waals surface area contributed by atoms with E-state index in [2.05, 4.69) is 0 Å². The molecule has 52 valence electrons. The third-order valence-electron chi connectivity index (χ3n) is 0.805. The number of rotatable bonds is 2. The molecule has 0 aromatic rings. The Morgan fingerprint density at radius 2 is 2.00 bits per heavy atom. The molecule has 0 aromatic carbocycles. The molecule has 0 heterocycles. The van der Waals surface area contributed by atoms with Gasteiger partial charge >= 0.3 is 5.97 Å². The van der Waals surface area contributed by atoms with E-state index in [0.29, 0.717) is 0 Å². The smallest absolute Gasteiger partial charge is 0.323 e. The van der Waals surface area contributed by atoms with Crippen LogP contribution in [0.1, 0.15) is 6.92 Å². The Morgan fingerprint density at radius 1 is 1.67 bits per heavy atom. The van der Waals surface area contributed by atoms with Crippen molar-refractivity contribution >= 4 is 29.9 Å². The van der Waals surface area contributed by atoms with Gasteiger partial charge < -0.3 is 15.9 Å². The first-order valence-corrected chi connectivity index (χ1v) is 2.22. The first-order chi connectivity index (χ1) is 3.55. The van der Waals surface area contributed by atoms with Crippen molar-refractivity contribution in [2.24, 2.45) is 5.73 Å². The van der Waals surface area contributed by atoms with Gasteiger partial charge in [0.25, 0.3) is 0 Å². The molecule has 0 unspecified atom stereocenters. The second-order valence-corrected chi connectivity index (χ2v) is 1.60. The van der Waals surface area contributed by atoms with Crippen LogP contribution in [-0.2, 0) is 4.79 Å². The molecular formula is C4H9NO3Sn. The van der Waals surface area contributed by atoms with Gasteiger partial charge in [-0.25, -0.2) is 0 Å². The van der Waals surface area contributed by atoms with Gasteiger partial charge in [-0.2, -0.15) is 0 Å². The van der Waals surface area contributed by atoms with Crippen molar-refractivity contribution in [3.05, 3.63) is 0 Å². The van der Waals surface area contributed by atoms with Crippen LogP contribution < -0.4 is 5.73 Å². The molecule has 0 rings (SSSR count). The molecule has 0 amide bonds. The quantitative estimate of drug-likeness (QED) is 0.505. The van der Waals surface area contributed by atoms with E-state index in [0.717, 1.165) is 0 Å². The molecule has 0 saturated heterocycles. The molecule has 0 spiro atoms. The van der Waals surface area contributed by atoms with E-state index in [1.807, 2.05) is 0 Å². The topological polar surface area (TPSA) is 83.5 Å². The summed E-state index contributed by atoms with van der Waals surface area (Å²) in [6, 6.07) is -1.16. The normalized spacial score (nSPS) is 15.4. The maximum atomic E-state index is 9.86. The fourth-order valence-electron chi connectivity index (χ4n) is 0.206. The van der Waals surface area contributed by atoms with Crippen molar-refractivity contribution in [2.75, 3.05) is 0 Å². The fraction of sp³-hybridized carbons (Fsp3) is 0.750. The third kappa shape index (κ3) is 4.68. The Balaban J connectivity index is 0. The monoisotopic (exact) mass is 239 g/mol. The van der Waals surface area contributed by atoms with Gasteiger partial charge in [-0.05, 0) is 6.92 Å². The van der Waals surface area contributed by atoms with Gasteiger partial charge in [0.1, 0.15) is 6.04 Å². The minimum absolute atomic E-state index is 0. The summed E-state index contributed by atoms with van der Waals surface area (Å²) in [4.78, 5) is 9.86. The van der Waals surface area contributed by atoms with Crippen LogP contribution in [0.5, 0.6) is 0 Å². The Morgan fingerprint density at radius 3 is 2.00 bits per heavy atom. The summed E-state index contributed by atoms with van der Waals surface area (Å²) in [7, 11) is 0. The van der Waals surface area contributed by atoms with Crippen LogP contribution in [0.25, 0.3) is 0 Å². The Labute approximate surface area is 70.0 Å². The molecule has 5 heteroatoms. The summed E-state index contributed by atoms with van der Waals surface area (Å²) < 4.78 is 0. The number of hydrogen-bond donors (Lipinski definition) is 3. The van der Waals surface area contributed by atoms with Crippen molar-refractivity contribution < 1.29 is 15.0 Å². The van der Waals surface area contributed by atoms with E-state index in [1.54, 1.807) is 0 Å². The van der Waals surface area contributed by atoms with E-state index in [1.165, 1.54) is 6.92 Å². The third-order valence-corrected chi connectivity index (χ3v) is 0.805. The summed E-state index contributed by atoms with van der Waals surface area (Å²) in [6.07, 6.45) is -0.979. The first-order valence-electron chi connectivity index (χ1n) is 2.22. The van der Waals surface area contributed by atoms with Gasteiger partial charge in [0.05, 0.1) is 6.10 Å². The molecule has 4 radical (unpaired) electrons. The molecular weight excluding hydrogens is 229 g/mol. The van der Waals surface area contributed by atoms with Crippen molar-refractivity contribution in [1.82, 2.24) is 0 Å². The average molecular weight is 238 g/mol. The number of aliphatic carboxylic acids is 1. The number of aliphatic hydroxyl groups excluding tert-OH is 1. The zero-order chi connectivity index (χ0) is 6.73. The summed E-state index contributed by atoms with van der Waals surface area (Å²) in [5, 5.41) is 16.6. The van der Waals surface area contributed by atoms with Crippen LogP contribution in [0.3, 0.4) is 0 Å². The molecule has 0 aliphatic heterocycles. The van der Waals surface area contributed by atoms with E-state index in [4.69, 9.17) is 15.9 Å².